The maximum atomic E-state index is 12.1. The summed E-state index contributed by atoms with van der Waals surface area (Å²) in [7, 11) is 0. The van der Waals surface area contributed by atoms with Crippen LogP contribution in [0.4, 0.5) is 5.69 Å². The van der Waals surface area contributed by atoms with Crippen LogP contribution in [0.15, 0.2) is 40.6 Å². The number of rotatable bonds is 7. The van der Waals surface area contributed by atoms with E-state index in [2.05, 4.69) is 5.32 Å². The van der Waals surface area contributed by atoms with Crippen molar-refractivity contribution in [1.82, 2.24) is 5.32 Å². The Morgan fingerprint density at radius 3 is 2.76 bits per heavy atom. The highest BCUT2D eigenvalue weighted by atomic mass is 32.2. The van der Waals surface area contributed by atoms with E-state index in [0.29, 0.717) is 11.4 Å². The van der Waals surface area contributed by atoms with Crippen molar-refractivity contribution in [3.63, 3.8) is 0 Å². The highest BCUT2D eigenvalue weighted by molar-refractivity contribution is 7.98. The molecule has 0 aliphatic rings. The van der Waals surface area contributed by atoms with E-state index in [0.717, 1.165) is 10.9 Å². The third-order valence-corrected chi connectivity index (χ3v) is 4.94. The van der Waals surface area contributed by atoms with Crippen LogP contribution in [-0.4, -0.2) is 29.2 Å². The minimum atomic E-state index is -1.01. The molecule has 2 rings (SSSR count). The highest BCUT2D eigenvalue weighted by Gasteiger charge is 2.22. The summed E-state index contributed by atoms with van der Waals surface area (Å²) < 4.78 is 5.10. The van der Waals surface area contributed by atoms with Crippen LogP contribution in [-0.2, 0) is 16.1 Å². The minimum Gasteiger partial charge on any atom is -0.449 e. The Morgan fingerprint density at radius 1 is 1.40 bits per heavy atom. The van der Waals surface area contributed by atoms with Crippen molar-refractivity contribution in [3.05, 3.63) is 56.3 Å². The van der Waals surface area contributed by atoms with E-state index in [1.807, 2.05) is 17.5 Å². The molecule has 0 fully saturated rings. The van der Waals surface area contributed by atoms with Crippen molar-refractivity contribution < 1.29 is 19.2 Å². The van der Waals surface area contributed by atoms with Gasteiger partial charge in [-0.1, -0.05) is 6.07 Å². The van der Waals surface area contributed by atoms with Gasteiger partial charge >= 0.3 is 5.97 Å². The molecule has 0 spiro atoms. The zero-order chi connectivity index (χ0) is 18.4. The van der Waals surface area contributed by atoms with Crippen LogP contribution in [0.2, 0.25) is 0 Å². The quantitative estimate of drug-likeness (QED) is 0.343. The highest BCUT2D eigenvalue weighted by Crippen LogP contribution is 2.28. The fourth-order valence-corrected chi connectivity index (χ4v) is 3.16. The van der Waals surface area contributed by atoms with Crippen LogP contribution in [0.5, 0.6) is 0 Å². The van der Waals surface area contributed by atoms with E-state index >= 15 is 0 Å². The SMILES string of the molecule is CSc1ccc(C(=O)O[C@@H](C)C(=O)NCc2cccs2)cc1[N+](=O)[O-]. The van der Waals surface area contributed by atoms with Gasteiger partial charge in [0.15, 0.2) is 6.10 Å². The third-order valence-electron chi connectivity index (χ3n) is 3.28. The average Bonchev–Trinajstić information content (AvgIpc) is 3.12. The Kier molecular flexibility index (Phi) is 6.54. The van der Waals surface area contributed by atoms with Crippen molar-refractivity contribution in [3.8, 4) is 0 Å². The number of amides is 1. The number of nitro groups is 1. The molecule has 0 aliphatic heterocycles. The Balaban J connectivity index is 1.99. The normalized spacial score (nSPS) is 11.6. The van der Waals surface area contributed by atoms with Gasteiger partial charge in [-0.2, -0.15) is 0 Å². The van der Waals surface area contributed by atoms with Crippen molar-refractivity contribution in [2.75, 3.05) is 6.26 Å². The number of hydrogen-bond donors (Lipinski definition) is 1. The number of esters is 1. The van der Waals surface area contributed by atoms with Crippen molar-refractivity contribution >= 4 is 40.7 Å². The van der Waals surface area contributed by atoms with E-state index in [1.165, 1.54) is 42.2 Å². The molecule has 25 heavy (non-hydrogen) atoms. The largest absolute Gasteiger partial charge is 0.449 e. The summed E-state index contributed by atoms with van der Waals surface area (Å²) >= 11 is 2.72. The lowest BCUT2D eigenvalue weighted by atomic mass is 10.2. The van der Waals surface area contributed by atoms with Gasteiger partial charge in [0.2, 0.25) is 0 Å². The molecular weight excluding hydrogens is 364 g/mol. The summed E-state index contributed by atoms with van der Waals surface area (Å²) in [4.78, 5) is 36.1. The van der Waals surface area contributed by atoms with E-state index in [9.17, 15) is 19.7 Å². The molecule has 1 atom stereocenters. The monoisotopic (exact) mass is 380 g/mol. The van der Waals surface area contributed by atoms with Crippen LogP contribution < -0.4 is 5.32 Å². The fraction of sp³-hybridized carbons (Fsp3) is 0.250. The van der Waals surface area contributed by atoms with Gasteiger partial charge < -0.3 is 10.1 Å². The van der Waals surface area contributed by atoms with Crippen molar-refractivity contribution in [2.45, 2.75) is 24.5 Å². The zero-order valence-corrected chi connectivity index (χ0v) is 15.2. The van der Waals surface area contributed by atoms with Gasteiger partial charge in [0.1, 0.15) is 0 Å². The Bertz CT molecular complexity index is 777. The number of thiophene rings is 1. The molecule has 0 aliphatic carbocycles. The second-order valence-corrected chi connectivity index (χ2v) is 6.87. The number of hydrogen-bond acceptors (Lipinski definition) is 7. The van der Waals surface area contributed by atoms with E-state index < -0.39 is 22.9 Å². The van der Waals surface area contributed by atoms with Crippen molar-refractivity contribution in [2.24, 2.45) is 0 Å². The number of nitrogens with one attached hydrogen (secondary N) is 1. The van der Waals surface area contributed by atoms with Crippen molar-refractivity contribution in [1.29, 1.82) is 0 Å². The standard InChI is InChI=1S/C16H16N2O5S2/c1-10(15(19)17-9-12-4-3-7-25-12)23-16(20)11-5-6-14(24-2)13(8-11)18(21)22/h3-8,10H,9H2,1-2H3,(H,17,19)/t10-/m0/s1. The predicted molar refractivity (Wildman–Crippen MR) is 95.9 cm³/mol. The van der Waals surface area contributed by atoms with E-state index in [4.69, 9.17) is 4.74 Å². The molecular formula is C16H16N2O5S2. The average molecular weight is 380 g/mol. The molecule has 0 saturated heterocycles. The molecule has 7 nitrogen and oxygen atoms in total. The first-order valence-electron chi connectivity index (χ1n) is 7.26. The smallest absolute Gasteiger partial charge is 0.339 e. The number of benzene rings is 1. The number of carbonyl (C=O) groups excluding carboxylic acids is 2. The number of ether oxygens (including phenoxy) is 1. The van der Waals surface area contributed by atoms with Gasteiger partial charge in [-0.25, -0.2) is 4.79 Å². The molecule has 1 N–H and O–H groups in total. The van der Waals surface area contributed by atoms with E-state index in [-0.39, 0.29) is 11.3 Å². The Hall–Kier alpha value is -2.39. The maximum Gasteiger partial charge on any atom is 0.339 e. The lowest BCUT2D eigenvalue weighted by Crippen LogP contribution is -2.35. The molecule has 0 unspecified atom stereocenters. The molecule has 1 heterocycles. The van der Waals surface area contributed by atoms with Crippen LogP contribution in [0, 0.1) is 10.1 Å². The molecule has 1 aromatic carbocycles. The van der Waals surface area contributed by atoms with Crippen LogP contribution in [0.25, 0.3) is 0 Å². The Morgan fingerprint density at radius 2 is 2.16 bits per heavy atom. The third kappa shape index (κ3) is 5.04. The first kappa shape index (κ1) is 18.9. The summed E-state index contributed by atoms with van der Waals surface area (Å²) in [5, 5.41) is 15.6. The lowest BCUT2D eigenvalue weighted by molar-refractivity contribution is -0.387. The van der Waals surface area contributed by atoms with Crippen LogP contribution in [0.3, 0.4) is 0 Å². The molecule has 132 valence electrons. The molecule has 9 heteroatoms. The van der Waals surface area contributed by atoms with E-state index in [1.54, 1.807) is 6.26 Å². The molecule has 2 aromatic rings. The van der Waals surface area contributed by atoms with Gasteiger partial charge in [0, 0.05) is 10.9 Å². The summed E-state index contributed by atoms with van der Waals surface area (Å²) in [5.41, 5.74) is -0.140. The fourth-order valence-electron chi connectivity index (χ4n) is 1.97. The second-order valence-electron chi connectivity index (χ2n) is 4.99. The minimum absolute atomic E-state index is 0.0300. The maximum absolute atomic E-state index is 12.1. The first-order valence-corrected chi connectivity index (χ1v) is 9.36. The zero-order valence-electron chi connectivity index (χ0n) is 13.6. The van der Waals surface area contributed by atoms with Crippen LogP contribution >= 0.6 is 23.1 Å². The topological polar surface area (TPSA) is 98.5 Å². The van der Waals surface area contributed by atoms with Gasteiger partial charge in [-0.3, -0.25) is 14.9 Å². The summed E-state index contributed by atoms with van der Waals surface area (Å²) in [6.07, 6.45) is 0.701. The van der Waals surface area contributed by atoms with Gasteiger partial charge in [0.25, 0.3) is 11.6 Å². The number of thioether (sulfide) groups is 1. The van der Waals surface area contributed by atoms with Gasteiger partial charge in [0.05, 0.1) is 21.9 Å². The lowest BCUT2D eigenvalue weighted by Gasteiger charge is -2.13. The molecule has 1 amide bonds. The number of carbonyl (C=O) groups is 2. The second kappa shape index (κ2) is 8.63. The molecule has 0 radical (unpaired) electrons. The summed E-state index contributed by atoms with van der Waals surface area (Å²) in [5.74, 6) is -1.22. The van der Waals surface area contributed by atoms with Gasteiger partial charge in [-0.05, 0) is 36.8 Å². The predicted octanol–water partition coefficient (Wildman–Crippen LogP) is 3.24. The number of nitro benzene ring substituents is 1. The number of nitrogens with zero attached hydrogens (tertiary/aromatic N) is 1. The molecule has 1 aromatic heterocycles. The molecule has 0 bridgehead atoms. The molecule has 0 saturated carbocycles. The summed E-state index contributed by atoms with van der Waals surface area (Å²) in [6.45, 7) is 1.80. The van der Waals surface area contributed by atoms with Crippen LogP contribution in [0.1, 0.15) is 22.2 Å². The summed E-state index contributed by atoms with van der Waals surface area (Å²) in [6, 6.07) is 7.84. The Labute approximate surface area is 152 Å². The first-order chi connectivity index (χ1) is 11.9. The van der Waals surface area contributed by atoms with Gasteiger partial charge in [-0.15, -0.1) is 23.1 Å².